The molecule has 0 aromatic heterocycles. The molecule has 6 nitrogen and oxygen atoms in total. The van der Waals surface area contributed by atoms with Gasteiger partial charge in [-0.1, -0.05) is 6.08 Å². The van der Waals surface area contributed by atoms with Crippen LogP contribution in [0.5, 0.6) is 0 Å². The van der Waals surface area contributed by atoms with Gasteiger partial charge in [0.05, 0.1) is 13.2 Å². The maximum Gasteiger partial charge on any atom is 0.190 e. The summed E-state index contributed by atoms with van der Waals surface area (Å²) in [5.74, 6) is -1.31. The number of hydrogen-bond donors (Lipinski definition) is 0. The highest BCUT2D eigenvalue weighted by atomic mass is 16.9. The zero-order chi connectivity index (χ0) is 16.2. The van der Waals surface area contributed by atoms with Crippen LogP contribution in [0.3, 0.4) is 0 Å². The average Bonchev–Trinajstić information content (AvgIpc) is 2.99. The van der Waals surface area contributed by atoms with Crippen LogP contribution in [0, 0.1) is 0 Å². The molecule has 6 heteroatoms. The first-order chi connectivity index (χ1) is 10.2. The van der Waals surface area contributed by atoms with E-state index >= 15 is 0 Å². The fourth-order valence-electron chi connectivity index (χ4n) is 3.38. The summed E-state index contributed by atoms with van der Waals surface area (Å²) in [5, 5.41) is 0. The average molecular weight is 314 g/mol. The monoisotopic (exact) mass is 314 g/mol. The van der Waals surface area contributed by atoms with E-state index in [-0.39, 0.29) is 18.3 Å². The van der Waals surface area contributed by atoms with E-state index in [1.807, 2.05) is 34.6 Å². The van der Waals surface area contributed by atoms with E-state index in [1.165, 1.54) is 0 Å². The minimum Gasteiger partial charge on any atom is -0.365 e. The van der Waals surface area contributed by atoms with E-state index in [1.54, 1.807) is 6.08 Å². The quantitative estimate of drug-likeness (QED) is 0.740. The Morgan fingerprint density at radius 1 is 1.05 bits per heavy atom. The third-order valence-corrected chi connectivity index (χ3v) is 4.35. The second-order valence-corrected chi connectivity index (χ2v) is 7.13. The molecule has 0 saturated carbocycles. The van der Waals surface area contributed by atoms with Crippen LogP contribution in [0.4, 0.5) is 0 Å². The number of ether oxygens (including phenoxy) is 6. The Morgan fingerprint density at radius 3 is 2.36 bits per heavy atom. The Hall–Kier alpha value is -0.500. The lowest BCUT2D eigenvalue weighted by Gasteiger charge is -2.36. The fourth-order valence-corrected chi connectivity index (χ4v) is 3.38. The summed E-state index contributed by atoms with van der Waals surface area (Å²) in [6, 6.07) is 0. The van der Waals surface area contributed by atoms with E-state index in [2.05, 4.69) is 6.58 Å². The molecule has 0 aromatic carbocycles. The first kappa shape index (κ1) is 16.4. The van der Waals surface area contributed by atoms with Crippen molar-refractivity contribution in [3.63, 3.8) is 0 Å². The van der Waals surface area contributed by atoms with E-state index in [9.17, 15) is 0 Å². The summed E-state index contributed by atoms with van der Waals surface area (Å²) >= 11 is 0. The minimum absolute atomic E-state index is 0.231. The van der Waals surface area contributed by atoms with Crippen molar-refractivity contribution >= 4 is 0 Å². The lowest BCUT2D eigenvalue weighted by Crippen LogP contribution is -2.53. The Kier molecular flexibility index (Phi) is 3.91. The topological polar surface area (TPSA) is 55.4 Å². The highest BCUT2D eigenvalue weighted by Gasteiger charge is 2.65. The van der Waals surface area contributed by atoms with Gasteiger partial charge in [-0.05, 0) is 34.6 Å². The maximum absolute atomic E-state index is 6.10. The lowest BCUT2D eigenvalue weighted by atomic mass is 9.91. The smallest absolute Gasteiger partial charge is 0.190 e. The Balaban J connectivity index is 1.83. The molecule has 3 heterocycles. The molecule has 0 radical (unpaired) electrons. The maximum atomic E-state index is 6.10. The molecular weight excluding hydrogens is 288 g/mol. The van der Waals surface area contributed by atoms with Crippen LogP contribution in [0.15, 0.2) is 12.7 Å². The molecule has 0 aliphatic carbocycles. The number of hydrogen-bond acceptors (Lipinski definition) is 6. The summed E-state index contributed by atoms with van der Waals surface area (Å²) < 4.78 is 35.7. The zero-order valence-corrected chi connectivity index (χ0v) is 14.0. The molecule has 0 unspecified atom stereocenters. The van der Waals surface area contributed by atoms with Gasteiger partial charge in [-0.15, -0.1) is 6.58 Å². The van der Waals surface area contributed by atoms with Crippen molar-refractivity contribution in [1.29, 1.82) is 0 Å². The van der Waals surface area contributed by atoms with Crippen LogP contribution in [-0.2, 0) is 28.4 Å². The zero-order valence-electron chi connectivity index (χ0n) is 14.0. The van der Waals surface area contributed by atoms with E-state index in [0.29, 0.717) is 13.2 Å². The summed E-state index contributed by atoms with van der Waals surface area (Å²) in [4.78, 5) is 0. The normalized spacial score (nSPS) is 45.9. The van der Waals surface area contributed by atoms with Gasteiger partial charge in [-0.3, -0.25) is 0 Å². The number of rotatable bonds is 4. The molecule has 3 aliphatic heterocycles. The van der Waals surface area contributed by atoms with Crippen molar-refractivity contribution in [2.45, 2.75) is 76.4 Å². The molecule has 5 atom stereocenters. The van der Waals surface area contributed by atoms with E-state index in [0.717, 1.165) is 0 Å². The molecule has 3 fully saturated rings. The molecule has 22 heavy (non-hydrogen) atoms. The molecule has 3 aliphatic rings. The van der Waals surface area contributed by atoms with Crippen molar-refractivity contribution < 1.29 is 28.4 Å². The van der Waals surface area contributed by atoms with Crippen molar-refractivity contribution in [3.05, 3.63) is 12.7 Å². The van der Waals surface area contributed by atoms with Crippen LogP contribution in [0.1, 0.15) is 34.6 Å². The van der Waals surface area contributed by atoms with Gasteiger partial charge < -0.3 is 28.4 Å². The summed E-state index contributed by atoms with van der Waals surface area (Å²) in [6.45, 7) is 14.1. The molecule has 3 saturated heterocycles. The summed E-state index contributed by atoms with van der Waals surface area (Å²) in [5.41, 5.74) is -0.693. The molecule has 0 N–H and O–H groups in total. The largest absolute Gasteiger partial charge is 0.365 e. The third-order valence-electron chi connectivity index (χ3n) is 4.35. The predicted molar refractivity (Wildman–Crippen MR) is 78.2 cm³/mol. The van der Waals surface area contributed by atoms with Crippen LogP contribution in [0.2, 0.25) is 0 Å². The second kappa shape index (κ2) is 5.26. The van der Waals surface area contributed by atoms with Gasteiger partial charge in [-0.2, -0.15) is 0 Å². The predicted octanol–water partition coefficient (Wildman–Crippen LogP) is 1.98. The van der Waals surface area contributed by atoms with E-state index < -0.39 is 23.5 Å². The molecule has 3 rings (SSSR count). The fraction of sp³-hybridized carbons (Fsp3) is 0.875. The highest BCUT2D eigenvalue weighted by molar-refractivity contribution is 5.07. The molecule has 0 aromatic rings. The van der Waals surface area contributed by atoms with Gasteiger partial charge in [0, 0.05) is 0 Å². The van der Waals surface area contributed by atoms with Gasteiger partial charge >= 0.3 is 0 Å². The van der Waals surface area contributed by atoms with Crippen LogP contribution >= 0.6 is 0 Å². The van der Waals surface area contributed by atoms with Crippen molar-refractivity contribution in [3.8, 4) is 0 Å². The first-order valence-electron chi connectivity index (χ1n) is 7.75. The van der Waals surface area contributed by atoms with E-state index in [4.69, 9.17) is 28.4 Å². The SMILES string of the molecule is C=CCO[C@@]1(C)[C@@H]([C@H]2COC(C)(C)O2)O[C@@H]2OC(C)(C)O[C@@H]21. The van der Waals surface area contributed by atoms with Crippen LogP contribution < -0.4 is 0 Å². The van der Waals surface area contributed by atoms with Gasteiger partial charge in [0.1, 0.15) is 23.9 Å². The van der Waals surface area contributed by atoms with Crippen LogP contribution in [-0.4, -0.2) is 55.0 Å². The Labute approximate surface area is 131 Å². The lowest BCUT2D eigenvalue weighted by molar-refractivity contribution is -0.251. The molecule has 0 spiro atoms. The third kappa shape index (κ3) is 2.72. The van der Waals surface area contributed by atoms with Crippen molar-refractivity contribution in [2.75, 3.05) is 13.2 Å². The number of fused-ring (bicyclic) bond motifs is 1. The molecular formula is C16H26O6. The summed E-state index contributed by atoms with van der Waals surface area (Å²) in [7, 11) is 0. The van der Waals surface area contributed by atoms with Gasteiger partial charge in [0.15, 0.2) is 17.9 Å². The first-order valence-corrected chi connectivity index (χ1v) is 7.75. The van der Waals surface area contributed by atoms with Crippen molar-refractivity contribution in [1.82, 2.24) is 0 Å². The van der Waals surface area contributed by atoms with Crippen molar-refractivity contribution in [2.24, 2.45) is 0 Å². The van der Waals surface area contributed by atoms with Gasteiger partial charge in [0.25, 0.3) is 0 Å². The standard InChI is InChI=1S/C16H26O6/c1-7-8-17-16(6)11(10-9-18-14(2,3)20-10)19-13-12(16)21-15(4,5)22-13/h7,10-13H,1,8-9H2,2-6H3/t10-,11-,12+,13-,16+/m1/s1. The second-order valence-electron chi connectivity index (χ2n) is 7.13. The highest BCUT2D eigenvalue weighted by Crippen LogP contribution is 2.47. The Morgan fingerprint density at radius 2 is 1.77 bits per heavy atom. The van der Waals surface area contributed by atoms with Gasteiger partial charge in [0.2, 0.25) is 0 Å². The molecule has 0 bridgehead atoms. The van der Waals surface area contributed by atoms with Crippen LogP contribution in [0.25, 0.3) is 0 Å². The molecule has 126 valence electrons. The minimum atomic E-state index is -0.693. The summed E-state index contributed by atoms with van der Waals surface area (Å²) in [6.07, 6.45) is 0.361. The van der Waals surface area contributed by atoms with Gasteiger partial charge in [-0.25, -0.2) is 0 Å². The Bertz CT molecular complexity index is 448. The molecule has 0 amide bonds.